The number of hydrogen-bond donors (Lipinski definition) is 2. The van der Waals surface area contributed by atoms with E-state index < -0.39 is 0 Å². The predicted octanol–water partition coefficient (Wildman–Crippen LogP) is 0.713. The molecule has 3 nitrogen and oxygen atoms in total. The molecular weight excluding hydrogens is 176 g/mol. The standard InChI is InChI=1S/C11H22N2O/c12-9-7-11(8-9)13-5-1-3-10(13)4-2-6-14/h9-11,14H,1-8,12H2. The molecule has 0 amide bonds. The van der Waals surface area contributed by atoms with Crippen molar-refractivity contribution >= 4 is 0 Å². The maximum Gasteiger partial charge on any atom is 0.0431 e. The number of rotatable bonds is 4. The Morgan fingerprint density at radius 3 is 2.79 bits per heavy atom. The molecule has 0 radical (unpaired) electrons. The van der Waals surface area contributed by atoms with Crippen LogP contribution in [0, 0.1) is 0 Å². The maximum absolute atomic E-state index is 8.83. The molecule has 3 heteroatoms. The van der Waals surface area contributed by atoms with Crippen molar-refractivity contribution in [2.24, 2.45) is 5.73 Å². The summed E-state index contributed by atoms with van der Waals surface area (Å²) in [6.07, 6.45) is 7.17. The van der Waals surface area contributed by atoms with Gasteiger partial charge in [-0.05, 0) is 45.1 Å². The van der Waals surface area contributed by atoms with Gasteiger partial charge >= 0.3 is 0 Å². The smallest absolute Gasteiger partial charge is 0.0431 e. The second-order valence-corrected chi connectivity index (χ2v) is 4.79. The van der Waals surface area contributed by atoms with E-state index in [1.54, 1.807) is 0 Å². The van der Waals surface area contributed by atoms with Crippen molar-refractivity contribution in [1.82, 2.24) is 4.90 Å². The Bertz CT molecular complexity index is 180. The average molecular weight is 198 g/mol. The fourth-order valence-corrected chi connectivity index (χ4v) is 2.88. The van der Waals surface area contributed by atoms with Gasteiger partial charge in [0.2, 0.25) is 0 Å². The van der Waals surface area contributed by atoms with Crippen LogP contribution in [-0.2, 0) is 0 Å². The van der Waals surface area contributed by atoms with E-state index in [-0.39, 0.29) is 0 Å². The van der Waals surface area contributed by atoms with Crippen LogP contribution < -0.4 is 5.73 Å². The minimum Gasteiger partial charge on any atom is -0.396 e. The first-order valence-electron chi connectivity index (χ1n) is 5.93. The van der Waals surface area contributed by atoms with Gasteiger partial charge in [0.1, 0.15) is 0 Å². The van der Waals surface area contributed by atoms with E-state index in [0.717, 1.165) is 18.5 Å². The van der Waals surface area contributed by atoms with Crippen molar-refractivity contribution in [3.05, 3.63) is 0 Å². The molecule has 2 aliphatic rings. The Hall–Kier alpha value is -0.120. The van der Waals surface area contributed by atoms with Crippen LogP contribution in [0.25, 0.3) is 0 Å². The van der Waals surface area contributed by atoms with E-state index in [1.165, 1.54) is 38.6 Å². The van der Waals surface area contributed by atoms with E-state index in [9.17, 15) is 0 Å². The number of nitrogens with two attached hydrogens (primary N) is 1. The SMILES string of the molecule is NC1CC(N2CCCC2CCCO)C1. The van der Waals surface area contributed by atoms with Gasteiger partial charge in [0.15, 0.2) is 0 Å². The summed E-state index contributed by atoms with van der Waals surface area (Å²) in [5, 5.41) is 8.83. The van der Waals surface area contributed by atoms with Crippen LogP contribution in [-0.4, -0.2) is 41.3 Å². The van der Waals surface area contributed by atoms with E-state index in [1.807, 2.05) is 0 Å². The van der Waals surface area contributed by atoms with Crippen LogP contribution in [0.5, 0.6) is 0 Å². The fraction of sp³-hybridized carbons (Fsp3) is 1.00. The van der Waals surface area contributed by atoms with Crippen LogP contribution in [0.4, 0.5) is 0 Å². The molecule has 14 heavy (non-hydrogen) atoms. The van der Waals surface area contributed by atoms with Gasteiger partial charge < -0.3 is 10.8 Å². The normalized spacial score (nSPS) is 38.6. The topological polar surface area (TPSA) is 49.5 Å². The second-order valence-electron chi connectivity index (χ2n) is 4.79. The van der Waals surface area contributed by atoms with Gasteiger partial charge in [0.25, 0.3) is 0 Å². The van der Waals surface area contributed by atoms with Gasteiger partial charge in [-0.1, -0.05) is 0 Å². The summed E-state index contributed by atoms with van der Waals surface area (Å²) in [4.78, 5) is 2.64. The molecule has 1 saturated carbocycles. The Labute approximate surface area is 86.3 Å². The zero-order valence-corrected chi connectivity index (χ0v) is 8.86. The lowest BCUT2D eigenvalue weighted by Crippen LogP contribution is -2.52. The molecule has 0 spiro atoms. The van der Waals surface area contributed by atoms with Crippen molar-refractivity contribution in [3.63, 3.8) is 0 Å². The molecule has 3 N–H and O–H groups in total. The third kappa shape index (κ3) is 2.10. The van der Waals surface area contributed by atoms with E-state index in [0.29, 0.717) is 12.6 Å². The van der Waals surface area contributed by atoms with Crippen LogP contribution in [0.3, 0.4) is 0 Å². The Morgan fingerprint density at radius 2 is 2.14 bits per heavy atom. The lowest BCUT2D eigenvalue weighted by Gasteiger charge is -2.42. The highest BCUT2D eigenvalue weighted by molar-refractivity contribution is 4.94. The monoisotopic (exact) mass is 198 g/mol. The molecule has 1 aliphatic carbocycles. The van der Waals surface area contributed by atoms with E-state index >= 15 is 0 Å². The summed E-state index contributed by atoms with van der Waals surface area (Å²) in [6.45, 7) is 1.60. The average Bonchev–Trinajstić information content (AvgIpc) is 2.57. The summed E-state index contributed by atoms with van der Waals surface area (Å²) >= 11 is 0. The Morgan fingerprint density at radius 1 is 1.36 bits per heavy atom. The van der Waals surface area contributed by atoms with Crippen molar-refractivity contribution in [2.45, 2.75) is 56.7 Å². The minimum absolute atomic E-state index is 0.342. The summed E-state index contributed by atoms with van der Waals surface area (Å²) in [6, 6.07) is 1.95. The zero-order chi connectivity index (χ0) is 9.97. The molecule has 1 heterocycles. The summed E-state index contributed by atoms with van der Waals surface area (Å²) in [7, 11) is 0. The van der Waals surface area contributed by atoms with Crippen molar-refractivity contribution < 1.29 is 5.11 Å². The molecule has 0 bridgehead atoms. The van der Waals surface area contributed by atoms with Crippen LogP contribution >= 0.6 is 0 Å². The molecular formula is C11H22N2O. The molecule has 0 aromatic carbocycles. The highest BCUT2D eigenvalue weighted by Crippen LogP contribution is 2.32. The molecule has 0 aromatic heterocycles. The first kappa shape index (κ1) is 10.4. The van der Waals surface area contributed by atoms with Crippen molar-refractivity contribution in [2.75, 3.05) is 13.2 Å². The van der Waals surface area contributed by atoms with Crippen molar-refractivity contribution in [1.29, 1.82) is 0 Å². The zero-order valence-electron chi connectivity index (χ0n) is 8.86. The number of hydrogen-bond acceptors (Lipinski definition) is 3. The maximum atomic E-state index is 8.83. The fourth-order valence-electron chi connectivity index (χ4n) is 2.88. The molecule has 1 atom stereocenters. The van der Waals surface area contributed by atoms with Crippen molar-refractivity contribution in [3.8, 4) is 0 Å². The van der Waals surface area contributed by atoms with Gasteiger partial charge in [0, 0.05) is 24.7 Å². The lowest BCUT2D eigenvalue weighted by atomic mass is 9.85. The highest BCUT2D eigenvalue weighted by Gasteiger charge is 2.36. The predicted molar refractivity (Wildman–Crippen MR) is 57.0 cm³/mol. The first-order valence-corrected chi connectivity index (χ1v) is 5.93. The molecule has 2 rings (SSSR count). The number of likely N-dealkylation sites (tertiary alicyclic amines) is 1. The largest absolute Gasteiger partial charge is 0.396 e. The van der Waals surface area contributed by atoms with Gasteiger partial charge in [-0.2, -0.15) is 0 Å². The van der Waals surface area contributed by atoms with E-state index in [4.69, 9.17) is 10.8 Å². The molecule has 1 unspecified atom stereocenters. The van der Waals surface area contributed by atoms with Gasteiger partial charge in [-0.25, -0.2) is 0 Å². The highest BCUT2D eigenvalue weighted by atomic mass is 16.2. The van der Waals surface area contributed by atoms with Gasteiger partial charge in [-0.3, -0.25) is 4.90 Å². The molecule has 0 aromatic rings. The minimum atomic E-state index is 0.342. The first-order chi connectivity index (χ1) is 6.81. The molecule has 2 fully saturated rings. The summed E-state index contributed by atoms with van der Waals surface area (Å²) in [5.74, 6) is 0. The summed E-state index contributed by atoms with van der Waals surface area (Å²) in [5.41, 5.74) is 5.82. The van der Waals surface area contributed by atoms with Gasteiger partial charge in [-0.15, -0.1) is 0 Å². The Kier molecular flexibility index (Phi) is 3.42. The molecule has 1 aliphatic heterocycles. The third-order valence-corrected chi connectivity index (χ3v) is 3.74. The number of aliphatic hydroxyl groups excluding tert-OH is 1. The van der Waals surface area contributed by atoms with E-state index in [2.05, 4.69) is 4.90 Å². The van der Waals surface area contributed by atoms with Crippen LogP contribution in [0.2, 0.25) is 0 Å². The quantitative estimate of drug-likeness (QED) is 0.699. The molecule has 1 saturated heterocycles. The van der Waals surface area contributed by atoms with Crippen LogP contribution in [0.15, 0.2) is 0 Å². The number of nitrogens with zero attached hydrogens (tertiary/aromatic N) is 1. The summed E-state index contributed by atoms with van der Waals surface area (Å²) < 4.78 is 0. The second kappa shape index (κ2) is 4.60. The third-order valence-electron chi connectivity index (χ3n) is 3.74. The van der Waals surface area contributed by atoms with Gasteiger partial charge in [0.05, 0.1) is 0 Å². The number of aliphatic hydroxyl groups is 1. The molecule has 82 valence electrons. The van der Waals surface area contributed by atoms with Crippen LogP contribution in [0.1, 0.15) is 38.5 Å². The Balaban J connectivity index is 1.78. The lowest BCUT2D eigenvalue weighted by molar-refractivity contribution is 0.0907.